The molecule has 0 saturated heterocycles. The average molecular weight is 387 g/mol. The van der Waals surface area contributed by atoms with Gasteiger partial charge in [0.25, 0.3) is 0 Å². The highest BCUT2D eigenvalue weighted by molar-refractivity contribution is 6.30. The highest BCUT2D eigenvalue weighted by Crippen LogP contribution is 2.24. The van der Waals surface area contributed by atoms with Gasteiger partial charge in [0, 0.05) is 40.7 Å². The number of carboxylic acid groups (broad SMARTS) is 1. The molecule has 2 aromatic carbocycles. The Balaban J connectivity index is 1.74. The molecule has 6 heteroatoms. The number of aliphatic carboxylic acids is 1. The van der Waals surface area contributed by atoms with Gasteiger partial charge >= 0.3 is 5.97 Å². The van der Waals surface area contributed by atoms with E-state index in [1.54, 1.807) is 6.07 Å². The van der Waals surface area contributed by atoms with Crippen molar-refractivity contribution in [1.29, 1.82) is 0 Å². The van der Waals surface area contributed by atoms with Crippen LogP contribution in [0.2, 0.25) is 5.02 Å². The first kappa shape index (κ1) is 19.3. The van der Waals surface area contributed by atoms with Crippen LogP contribution in [0.1, 0.15) is 24.5 Å². The van der Waals surface area contributed by atoms with Crippen molar-refractivity contribution >= 4 is 28.5 Å². The zero-order valence-electron chi connectivity index (χ0n) is 15.2. The van der Waals surface area contributed by atoms with Gasteiger partial charge in [0.05, 0.1) is 6.61 Å². The number of hydrogen-bond donors (Lipinski definition) is 3. The van der Waals surface area contributed by atoms with Gasteiger partial charge < -0.3 is 14.8 Å². The van der Waals surface area contributed by atoms with E-state index in [0.717, 1.165) is 34.2 Å². The Morgan fingerprint density at radius 1 is 1.26 bits per heavy atom. The first-order valence-electron chi connectivity index (χ1n) is 9.01. The number of fused-ring (bicyclic) bond motifs is 1. The summed E-state index contributed by atoms with van der Waals surface area (Å²) in [7, 11) is 0. The summed E-state index contributed by atoms with van der Waals surface area (Å²) in [6, 6.07) is 12.6. The van der Waals surface area contributed by atoms with Crippen LogP contribution in [-0.4, -0.2) is 28.7 Å². The average Bonchev–Trinajstić information content (AvgIpc) is 3.07. The van der Waals surface area contributed by atoms with E-state index in [-0.39, 0.29) is 0 Å². The Bertz CT molecular complexity index is 923. The van der Waals surface area contributed by atoms with Crippen molar-refractivity contribution in [2.45, 2.75) is 32.4 Å². The Labute approximate surface area is 163 Å². The van der Waals surface area contributed by atoms with Crippen LogP contribution >= 0.6 is 11.6 Å². The summed E-state index contributed by atoms with van der Waals surface area (Å²) < 4.78 is 5.75. The predicted molar refractivity (Wildman–Crippen MR) is 108 cm³/mol. The standard InChI is InChI=1S/C21H23ClN2O3/c1-2-9-27-20-8-7-16(22)10-15(20)13-24-19(21(25)26)11-14-12-23-18-6-4-3-5-17(14)18/h3-8,10,12,19,23-24H,2,9,11,13H2,1H3,(H,25,26). The van der Waals surface area contributed by atoms with Crippen LogP contribution < -0.4 is 10.1 Å². The molecule has 3 rings (SSSR count). The zero-order chi connectivity index (χ0) is 19.2. The fraction of sp³-hybridized carbons (Fsp3) is 0.286. The lowest BCUT2D eigenvalue weighted by atomic mass is 10.0. The number of rotatable bonds is 9. The van der Waals surface area contributed by atoms with Gasteiger partial charge in [-0.2, -0.15) is 0 Å². The highest BCUT2D eigenvalue weighted by atomic mass is 35.5. The topological polar surface area (TPSA) is 74.3 Å². The Morgan fingerprint density at radius 3 is 2.85 bits per heavy atom. The molecule has 1 unspecified atom stereocenters. The lowest BCUT2D eigenvalue weighted by Gasteiger charge is -2.17. The second-order valence-electron chi connectivity index (χ2n) is 6.44. The molecule has 3 aromatic rings. The smallest absolute Gasteiger partial charge is 0.321 e. The summed E-state index contributed by atoms with van der Waals surface area (Å²) in [5, 5.41) is 14.4. The number of benzene rings is 2. The first-order valence-corrected chi connectivity index (χ1v) is 9.38. The van der Waals surface area contributed by atoms with E-state index in [2.05, 4.69) is 10.3 Å². The zero-order valence-corrected chi connectivity index (χ0v) is 15.9. The number of H-pyrrole nitrogens is 1. The van der Waals surface area contributed by atoms with Crippen LogP contribution in [0.5, 0.6) is 5.75 Å². The highest BCUT2D eigenvalue weighted by Gasteiger charge is 2.20. The van der Waals surface area contributed by atoms with E-state index in [1.165, 1.54) is 0 Å². The Kier molecular flexibility index (Phi) is 6.37. The van der Waals surface area contributed by atoms with Crippen molar-refractivity contribution in [1.82, 2.24) is 10.3 Å². The minimum absolute atomic E-state index is 0.360. The number of ether oxygens (including phenoxy) is 1. The van der Waals surface area contributed by atoms with E-state index in [9.17, 15) is 9.90 Å². The SMILES string of the molecule is CCCOc1ccc(Cl)cc1CNC(Cc1c[nH]c2ccccc12)C(=O)O. The summed E-state index contributed by atoms with van der Waals surface area (Å²) in [5.41, 5.74) is 2.82. The molecule has 0 aliphatic carbocycles. The van der Waals surface area contributed by atoms with Crippen LogP contribution in [0.25, 0.3) is 10.9 Å². The van der Waals surface area contributed by atoms with E-state index >= 15 is 0 Å². The summed E-state index contributed by atoms with van der Waals surface area (Å²) >= 11 is 6.11. The van der Waals surface area contributed by atoms with E-state index in [1.807, 2.05) is 49.5 Å². The minimum Gasteiger partial charge on any atom is -0.493 e. The maximum absolute atomic E-state index is 11.8. The van der Waals surface area contributed by atoms with Crippen molar-refractivity contribution in [3.8, 4) is 5.75 Å². The summed E-state index contributed by atoms with van der Waals surface area (Å²) in [6.07, 6.45) is 3.15. The summed E-state index contributed by atoms with van der Waals surface area (Å²) in [5.74, 6) is -0.164. The van der Waals surface area contributed by atoms with Crippen molar-refractivity contribution in [3.63, 3.8) is 0 Å². The number of nitrogens with one attached hydrogen (secondary N) is 2. The van der Waals surface area contributed by atoms with E-state index in [4.69, 9.17) is 16.3 Å². The molecule has 1 heterocycles. The van der Waals surface area contributed by atoms with Crippen LogP contribution in [0.4, 0.5) is 0 Å². The quantitative estimate of drug-likeness (QED) is 0.509. The van der Waals surface area contributed by atoms with Crippen molar-refractivity contribution in [2.75, 3.05) is 6.61 Å². The second-order valence-corrected chi connectivity index (χ2v) is 6.87. The molecule has 0 spiro atoms. The number of para-hydroxylation sites is 1. The van der Waals surface area contributed by atoms with Crippen LogP contribution in [0.15, 0.2) is 48.7 Å². The van der Waals surface area contributed by atoms with Crippen molar-refractivity contribution in [2.24, 2.45) is 0 Å². The molecule has 3 N–H and O–H groups in total. The van der Waals surface area contributed by atoms with E-state index < -0.39 is 12.0 Å². The maximum atomic E-state index is 11.8. The van der Waals surface area contributed by atoms with Gasteiger partial charge in [0.1, 0.15) is 11.8 Å². The maximum Gasteiger partial charge on any atom is 0.321 e. The number of carboxylic acids is 1. The van der Waals surface area contributed by atoms with Gasteiger partial charge in [-0.3, -0.25) is 10.1 Å². The van der Waals surface area contributed by atoms with Gasteiger partial charge in [0.2, 0.25) is 0 Å². The van der Waals surface area contributed by atoms with Crippen LogP contribution in [0, 0.1) is 0 Å². The fourth-order valence-electron chi connectivity index (χ4n) is 3.04. The molecule has 0 radical (unpaired) electrons. The van der Waals surface area contributed by atoms with Gasteiger partial charge in [-0.25, -0.2) is 0 Å². The number of aromatic nitrogens is 1. The third-order valence-corrected chi connectivity index (χ3v) is 4.66. The molecule has 0 aliphatic heterocycles. The number of hydrogen-bond acceptors (Lipinski definition) is 3. The van der Waals surface area contributed by atoms with Gasteiger partial charge in [0.15, 0.2) is 0 Å². The lowest BCUT2D eigenvalue weighted by molar-refractivity contribution is -0.139. The molecule has 0 bridgehead atoms. The third-order valence-electron chi connectivity index (χ3n) is 4.42. The minimum atomic E-state index is -0.890. The van der Waals surface area contributed by atoms with Crippen molar-refractivity contribution in [3.05, 3.63) is 64.8 Å². The number of carbonyl (C=O) groups is 1. The molecule has 27 heavy (non-hydrogen) atoms. The third kappa shape index (κ3) is 4.81. The Hall–Kier alpha value is -2.50. The second kappa shape index (κ2) is 8.93. The molecule has 0 saturated carbocycles. The van der Waals surface area contributed by atoms with Gasteiger partial charge in [-0.05, 0) is 36.2 Å². The normalized spacial score (nSPS) is 12.2. The van der Waals surface area contributed by atoms with Crippen molar-refractivity contribution < 1.29 is 14.6 Å². The molecular formula is C21H23ClN2O3. The summed E-state index contributed by atoms with van der Waals surface area (Å²) in [4.78, 5) is 15.0. The lowest BCUT2D eigenvalue weighted by Crippen LogP contribution is -2.38. The monoisotopic (exact) mass is 386 g/mol. The number of halogens is 1. The molecule has 0 amide bonds. The Morgan fingerprint density at radius 2 is 2.07 bits per heavy atom. The molecule has 142 valence electrons. The largest absolute Gasteiger partial charge is 0.493 e. The predicted octanol–water partition coefficient (Wildman–Crippen LogP) is 4.40. The fourth-order valence-corrected chi connectivity index (χ4v) is 3.23. The van der Waals surface area contributed by atoms with E-state index in [0.29, 0.717) is 24.6 Å². The van der Waals surface area contributed by atoms with Gasteiger partial charge in [-0.15, -0.1) is 0 Å². The molecule has 1 aromatic heterocycles. The summed E-state index contributed by atoms with van der Waals surface area (Å²) in [6.45, 7) is 3.00. The first-order chi connectivity index (χ1) is 13.1. The molecule has 5 nitrogen and oxygen atoms in total. The van der Waals surface area contributed by atoms with Gasteiger partial charge in [-0.1, -0.05) is 36.7 Å². The van der Waals surface area contributed by atoms with Crippen LogP contribution in [0.3, 0.4) is 0 Å². The number of aromatic amines is 1. The molecule has 0 aliphatic rings. The molecule has 0 fully saturated rings. The van der Waals surface area contributed by atoms with Crippen LogP contribution in [-0.2, 0) is 17.8 Å². The molecular weight excluding hydrogens is 364 g/mol. The molecule has 1 atom stereocenters.